The third kappa shape index (κ3) is 1.77. The highest BCUT2D eigenvalue weighted by Gasteiger charge is 2.20. The normalized spacial score (nSPS) is 15.3. The summed E-state index contributed by atoms with van der Waals surface area (Å²) in [4.78, 5) is 13.1. The van der Waals surface area contributed by atoms with Gasteiger partial charge in [0, 0.05) is 13.1 Å². The van der Waals surface area contributed by atoms with E-state index in [1.54, 1.807) is 4.90 Å². The Morgan fingerprint density at radius 3 is 2.77 bits per heavy atom. The number of urea groups is 1. The summed E-state index contributed by atoms with van der Waals surface area (Å²) in [5.41, 5.74) is 0. The van der Waals surface area contributed by atoms with Gasteiger partial charge in [-0.1, -0.05) is 11.3 Å². The second-order valence-electron chi connectivity index (χ2n) is 2.90. The lowest BCUT2D eigenvalue weighted by Gasteiger charge is -2.30. The van der Waals surface area contributed by atoms with Gasteiger partial charge >= 0.3 is 6.03 Å². The first-order valence-corrected chi connectivity index (χ1v) is 4.93. The Labute approximate surface area is 79.8 Å². The Hall–Kier alpha value is -1.17. The molecule has 0 unspecified atom stereocenters. The lowest BCUT2D eigenvalue weighted by Crippen LogP contribution is -2.44. The lowest BCUT2D eigenvalue weighted by molar-refractivity contribution is 0.181. The molecule has 1 N–H and O–H groups in total. The van der Waals surface area contributed by atoms with Crippen LogP contribution >= 0.6 is 11.3 Å². The van der Waals surface area contributed by atoms with Crippen LogP contribution < -0.4 is 5.32 Å². The quantitative estimate of drug-likeness (QED) is 0.734. The van der Waals surface area contributed by atoms with E-state index in [9.17, 15) is 4.79 Å². The summed E-state index contributed by atoms with van der Waals surface area (Å²) in [6.07, 6.45) is 1.10. The van der Waals surface area contributed by atoms with E-state index in [0.717, 1.165) is 24.5 Å². The average molecular weight is 198 g/mol. The van der Waals surface area contributed by atoms with Gasteiger partial charge in [-0.3, -0.25) is 5.32 Å². The van der Waals surface area contributed by atoms with Crippen LogP contribution in [0.15, 0.2) is 0 Å². The number of aryl methyl sites for hydroxylation is 1. The molecule has 70 valence electrons. The molecule has 0 atom stereocenters. The summed E-state index contributed by atoms with van der Waals surface area (Å²) >= 11 is 1.39. The summed E-state index contributed by atoms with van der Waals surface area (Å²) in [5, 5.41) is 11.7. The number of amides is 2. The molecule has 13 heavy (non-hydrogen) atoms. The van der Waals surface area contributed by atoms with Crippen LogP contribution in [0.1, 0.15) is 11.4 Å². The van der Waals surface area contributed by atoms with E-state index in [2.05, 4.69) is 15.5 Å². The maximum absolute atomic E-state index is 11.4. The zero-order valence-electron chi connectivity index (χ0n) is 7.28. The van der Waals surface area contributed by atoms with E-state index in [1.165, 1.54) is 11.3 Å². The Balaban J connectivity index is 1.93. The number of nitrogens with zero attached hydrogens (tertiary/aromatic N) is 3. The second-order valence-corrected chi connectivity index (χ2v) is 4.08. The predicted molar refractivity (Wildman–Crippen MR) is 49.9 cm³/mol. The van der Waals surface area contributed by atoms with Crippen LogP contribution in [0, 0.1) is 6.92 Å². The Morgan fingerprint density at radius 1 is 1.54 bits per heavy atom. The number of carbonyl (C=O) groups is 1. The van der Waals surface area contributed by atoms with Crippen molar-refractivity contribution >= 4 is 22.5 Å². The minimum atomic E-state index is -0.0672. The zero-order valence-corrected chi connectivity index (χ0v) is 8.10. The Bertz CT molecular complexity index is 320. The molecule has 1 saturated heterocycles. The van der Waals surface area contributed by atoms with Crippen molar-refractivity contribution in [3.8, 4) is 0 Å². The average Bonchev–Trinajstić information content (AvgIpc) is 2.31. The van der Waals surface area contributed by atoms with Crippen molar-refractivity contribution in [2.45, 2.75) is 13.3 Å². The van der Waals surface area contributed by atoms with Crippen molar-refractivity contribution in [1.29, 1.82) is 0 Å². The number of carbonyl (C=O) groups excluding carboxylic acids is 1. The number of nitrogens with one attached hydrogen (secondary N) is 1. The van der Waals surface area contributed by atoms with E-state index in [0.29, 0.717) is 5.13 Å². The molecule has 1 aromatic heterocycles. The van der Waals surface area contributed by atoms with E-state index in [4.69, 9.17) is 0 Å². The standard InChI is InChI=1S/C7H10N4OS/c1-5-9-10-6(13-5)8-7(12)11-3-2-4-11/h2-4H2,1H3,(H,8,10,12). The summed E-state index contributed by atoms with van der Waals surface area (Å²) in [6.45, 7) is 3.56. The Morgan fingerprint density at radius 2 is 2.31 bits per heavy atom. The summed E-state index contributed by atoms with van der Waals surface area (Å²) in [5.74, 6) is 0. The van der Waals surface area contributed by atoms with Gasteiger partial charge < -0.3 is 4.90 Å². The zero-order chi connectivity index (χ0) is 9.26. The minimum Gasteiger partial charge on any atom is -0.324 e. The number of likely N-dealkylation sites (tertiary alicyclic amines) is 1. The molecule has 1 fully saturated rings. The van der Waals surface area contributed by atoms with Crippen molar-refractivity contribution < 1.29 is 4.79 Å². The van der Waals surface area contributed by atoms with Gasteiger partial charge in [0.15, 0.2) is 0 Å². The molecule has 2 amide bonds. The maximum Gasteiger partial charge on any atom is 0.323 e. The molecule has 0 aromatic carbocycles. The minimum absolute atomic E-state index is 0.0672. The molecule has 5 nitrogen and oxygen atoms in total. The fourth-order valence-corrected chi connectivity index (χ4v) is 1.62. The molecule has 0 spiro atoms. The van der Waals surface area contributed by atoms with Gasteiger partial charge in [-0.25, -0.2) is 4.79 Å². The van der Waals surface area contributed by atoms with Crippen molar-refractivity contribution in [3.63, 3.8) is 0 Å². The predicted octanol–water partition coefficient (Wildman–Crippen LogP) is 1.08. The van der Waals surface area contributed by atoms with Gasteiger partial charge in [0.25, 0.3) is 0 Å². The molecule has 2 heterocycles. The van der Waals surface area contributed by atoms with Crippen LogP contribution in [-0.4, -0.2) is 34.2 Å². The number of rotatable bonds is 1. The van der Waals surface area contributed by atoms with E-state index in [-0.39, 0.29) is 6.03 Å². The largest absolute Gasteiger partial charge is 0.324 e. The monoisotopic (exact) mass is 198 g/mol. The van der Waals surface area contributed by atoms with E-state index < -0.39 is 0 Å². The molecule has 1 aliphatic heterocycles. The first kappa shape index (κ1) is 8.43. The first-order valence-electron chi connectivity index (χ1n) is 4.12. The molecule has 0 radical (unpaired) electrons. The fourth-order valence-electron chi connectivity index (χ4n) is 1.04. The molecular formula is C7H10N4OS. The van der Waals surface area contributed by atoms with Crippen LogP contribution in [0.5, 0.6) is 0 Å². The highest BCUT2D eigenvalue weighted by atomic mass is 32.1. The third-order valence-electron chi connectivity index (χ3n) is 1.88. The number of aromatic nitrogens is 2. The van der Waals surface area contributed by atoms with Gasteiger partial charge in [0.2, 0.25) is 5.13 Å². The maximum atomic E-state index is 11.4. The lowest BCUT2D eigenvalue weighted by atomic mass is 10.2. The van der Waals surface area contributed by atoms with Crippen LogP contribution in [-0.2, 0) is 0 Å². The summed E-state index contributed by atoms with van der Waals surface area (Å²) in [7, 11) is 0. The number of hydrogen-bond donors (Lipinski definition) is 1. The first-order chi connectivity index (χ1) is 6.25. The van der Waals surface area contributed by atoms with Crippen LogP contribution in [0.25, 0.3) is 0 Å². The van der Waals surface area contributed by atoms with Gasteiger partial charge in [-0.15, -0.1) is 10.2 Å². The van der Waals surface area contributed by atoms with Crippen molar-refractivity contribution in [2.24, 2.45) is 0 Å². The number of hydrogen-bond acceptors (Lipinski definition) is 4. The summed E-state index contributed by atoms with van der Waals surface area (Å²) < 4.78 is 0. The molecule has 1 aliphatic rings. The molecule has 1 aromatic rings. The molecule has 0 bridgehead atoms. The van der Waals surface area contributed by atoms with Crippen LogP contribution in [0.2, 0.25) is 0 Å². The molecule has 2 rings (SSSR count). The summed E-state index contributed by atoms with van der Waals surface area (Å²) in [6, 6.07) is -0.0672. The van der Waals surface area contributed by atoms with Gasteiger partial charge in [-0.05, 0) is 13.3 Å². The van der Waals surface area contributed by atoms with Crippen LogP contribution in [0.3, 0.4) is 0 Å². The smallest absolute Gasteiger partial charge is 0.323 e. The molecule has 6 heteroatoms. The van der Waals surface area contributed by atoms with Crippen molar-refractivity contribution in [3.05, 3.63) is 5.01 Å². The molecular weight excluding hydrogens is 188 g/mol. The van der Waals surface area contributed by atoms with Crippen molar-refractivity contribution in [1.82, 2.24) is 15.1 Å². The topological polar surface area (TPSA) is 58.1 Å². The van der Waals surface area contributed by atoms with E-state index >= 15 is 0 Å². The van der Waals surface area contributed by atoms with Crippen molar-refractivity contribution in [2.75, 3.05) is 18.4 Å². The number of anilines is 1. The van der Waals surface area contributed by atoms with Gasteiger partial charge in [0.1, 0.15) is 5.01 Å². The highest BCUT2D eigenvalue weighted by molar-refractivity contribution is 7.15. The van der Waals surface area contributed by atoms with Gasteiger partial charge in [0.05, 0.1) is 0 Å². The molecule has 0 aliphatic carbocycles. The fraction of sp³-hybridized carbons (Fsp3) is 0.571. The van der Waals surface area contributed by atoms with Crippen LogP contribution in [0.4, 0.5) is 9.93 Å². The van der Waals surface area contributed by atoms with Gasteiger partial charge in [-0.2, -0.15) is 0 Å². The molecule has 0 saturated carbocycles. The second kappa shape index (κ2) is 3.29. The van der Waals surface area contributed by atoms with E-state index in [1.807, 2.05) is 6.92 Å². The SMILES string of the molecule is Cc1nnc(NC(=O)N2CCC2)s1. The highest BCUT2D eigenvalue weighted by Crippen LogP contribution is 2.15. The Kier molecular flexibility index (Phi) is 2.13. The third-order valence-corrected chi connectivity index (χ3v) is 2.64.